The smallest absolute Gasteiger partial charge is 0.340 e. The van der Waals surface area contributed by atoms with Crippen LogP contribution in [0.1, 0.15) is 50.8 Å². The lowest BCUT2D eigenvalue weighted by atomic mass is 9.68. The van der Waals surface area contributed by atoms with Gasteiger partial charge in [0.15, 0.2) is 0 Å². The molecule has 0 radical (unpaired) electrons. The second-order valence-corrected chi connectivity index (χ2v) is 9.58. The van der Waals surface area contributed by atoms with E-state index in [1.54, 1.807) is 11.0 Å². The number of aromatic nitrogens is 2. The van der Waals surface area contributed by atoms with E-state index in [9.17, 15) is 18.4 Å². The predicted octanol–water partition coefficient (Wildman–Crippen LogP) is 3.59. The van der Waals surface area contributed by atoms with Crippen molar-refractivity contribution < 1.29 is 18.4 Å². The molecule has 3 aliphatic rings. The molecule has 1 unspecified atom stereocenters. The second kappa shape index (κ2) is 7.40. The van der Waals surface area contributed by atoms with Gasteiger partial charge in [0.1, 0.15) is 17.7 Å². The molecule has 2 aliphatic carbocycles. The number of likely N-dealkylation sites (N-methyl/N-ethyl adjacent to an activating group) is 1. The van der Waals surface area contributed by atoms with Crippen LogP contribution in [0.15, 0.2) is 29.3 Å². The van der Waals surface area contributed by atoms with E-state index in [4.69, 9.17) is 0 Å². The van der Waals surface area contributed by atoms with Crippen molar-refractivity contribution in [2.75, 3.05) is 13.1 Å². The number of aliphatic imine (C=N–C) groups is 1. The maximum Gasteiger partial charge on any atom is 0.341 e. The zero-order valence-corrected chi connectivity index (χ0v) is 18.7. The second-order valence-electron chi connectivity index (χ2n) is 9.58. The summed E-state index contributed by atoms with van der Waals surface area (Å²) >= 11 is 0. The average molecular weight is 453 g/mol. The highest BCUT2D eigenvalue weighted by Crippen LogP contribution is 2.67. The third-order valence-electron chi connectivity index (χ3n) is 7.88. The van der Waals surface area contributed by atoms with E-state index in [0.29, 0.717) is 13.1 Å². The van der Waals surface area contributed by atoms with Gasteiger partial charge >= 0.3 is 6.03 Å². The largest absolute Gasteiger partial charge is 0.341 e. The van der Waals surface area contributed by atoms with Crippen LogP contribution in [-0.2, 0) is 10.2 Å². The Morgan fingerprint density at radius 2 is 1.97 bits per heavy atom. The fraction of sp³-hybridized carbons (Fsp3) is 0.458. The van der Waals surface area contributed by atoms with Gasteiger partial charge in [0.25, 0.3) is 5.91 Å². The number of rotatable bonds is 5. The molecule has 3 amide bonds. The molecule has 2 heterocycles. The number of carbonyl (C=O) groups is 2. The zero-order chi connectivity index (χ0) is 23.5. The van der Waals surface area contributed by atoms with Gasteiger partial charge in [0.2, 0.25) is 0 Å². The number of halogens is 2. The Morgan fingerprint density at radius 3 is 2.61 bits per heavy atom. The third-order valence-corrected chi connectivity index (χ3v) is 7.88. The maximum absolute atomic E-state index is 14.4. The molecule has 2 bridgehead atoms. The van der Waals surface area contributed by atoms with Crippen molar-refractivity contribution in [2.45, 2.75) is 51.0 Å². The average Bonchev–Trinajstić information content (AvgIpc) is 3.37. The summed E-state index contributed by atoms with van der Waals surface area (Å²) in [5, 5.41) is 11.3. The van der Waals surface area contributed by atoms with Crippen LogP contribution < -0.4 is 5.32 Å². The number of benzene rings is 1. The normalized spacial score (nSPS) is 26.4. The monoisotopic (exact) mass is 453 g/mol. The number of nitrogens with zero attached hydrogens (tertiary/aromatic N) is 4. The molecule has 172 valence electrons. The summed E-state index contributed by atoms with van der Waals surface area (Å²) in [7, 11) is 0. The Bertz CT molecular complexity index is 1180. The molecule has 7 nitrogen and oxygen atoms in total. The summed E-state index contributed by atoms with van der Waals surface area (Å²) < 4.78 is 28.8. The Kier molecular flexibility index (Phi) is 4.84. The van der Waals surface area contributed by atoms with E-state index in [2.05, 4.69) is 34.4 Å². The molecule has 3 atom stereocenters. The molecule has 5 rings (SSSR count). The molecule has 2 aromatic rings. The molecule has 1 N–H and O–H groups in total. The molecule has 33 heavy (non-hydrogen) atoms. The van der Waals surface area contributed by atoms with E-state index in [-0.39, 0.29) is 28.5 Å². The number of amides is 3. The van der Waals surface area contributed by atoms with E-state index in [1.165, 1.54) is 24.4 Å². The van der Waals surface area contributed by atoms with Crippen LogP contribution in [0.3, 0.4) is 0 Å². The summed E-state index contributed by atoms with van der Waals surface area (Å²) in [5.41, 5.74) is 1.05. The van der Waals surface area contributed by atoms with Crippen LogP contribution in [-0.4, -0.2) is 52.4 Å². The van der Waals surface area contributed by atoms with Crippen molar-refractivity contribution in [3.8, 4) is 11.3 Å². The molecule has 1 fully saturated rings. The van der Waals surface area contributed by atoms with E-state index in [0.717, 1.165) is 24.1 Å². The number of hydrogen-bond donors (Lipinski definition) is 1. The topological polar surface area (TPSA) is 87.6 Å². The molecular formula is C24H25F2N5O2. The highest BCUT2D eigenvalue weighted by Gasteiger charge is 2.64. The summed E-state index contributed by atoms with van der Waals surface area (Å²) in [6, 6.07) is 4.21. The summed E-state index contributed by atoms with van der Waals surface area (Å²) in [4.78, 5) is 29.9. The summed E-state index contributed by atoms with van der Waals surface area (Å²) in [6.45, 7) is 7.09. The van der Waals surface area contributed by atoms with Crippen LogP contribution in [0.4, 0.5) is 13.6 Å². The van der Waals surface area contributed by atoms with Crippen LogP contribution >= 0.6 is 0 Å². The third kappa shape index (κ3) is 3.01. The van der Waals surface area contributed by atoms with E-state index in [1.807, 2.05) is 6.92 Å². The van der Waals surface area contributed by atoms with Gasteiger partial charge in [-0.3, -0.25) is 4.79 Å². The molecule has 1 aromatic carbocycles. The first-order valence-corrected chi connectivity index (χ1v) is 11.2. The van der Waals surface area contributed by atoms with Crippen LogP contribution in [0, 0.1) is 17.0 Å². The quantitative estimate of drug-likeness (QED) is 0.750. The Hall–Kier alpha value is -3.23. The zero-order valence-electron chi connectivity index (χ0n) is 18.7. The van der Waals surface area contributed by atoms with Gasteiger partial charge in [-0.1, -0.05) is 19.9 Å². The van der Waals surface area contributed by atoms with E-state index >= 15 is 0 Å². The summed E-state index contributed by atoms with van der Waals surface area (Å²) in [5.74, 6) is -1.43. The van der Waals surface area contributed by atoms with Crippen molar-refractivity contribution >= 4 is 18.2 Å². The molecule has 1 aromatic heterocycles. The lowest BCUT2D eigenvalue weighted by Gasteiger charge is -2.41. The lowest BCUT2D eigenvalue weighted by molar-refractivity contribution is -0.132. The first-order valence-electron chi connectivity index (χ1n) is 11.2. The molecule has 9 heteroatoms. The van der Waals surface area contributed by atoms with Crippen LogP contribution in [0.5, 0.6) is 0 Å². The fourth-order valence-electron chi connectivity index (χ4n) is 5.98. The minimum absolute atomic E-state index is 0.137. The number of hydrogen-bond acceptors (Lipinski definition) is 4. The molecule has 0 spiro atoms. The summed E-state index contributed by atoms with van der Waals surface area (Å²) in [6.07, 6.45) is 3.05. The number of carbonyl (C=O) groups excluding carboxylic acids is 2. The van der Waals surface area contributed by atoms with Gasteiger partial charge in [-0.25, -0.2) is 18.6 Å². The SMILES string of the molecule is CCN(C[C@@]12CC[C@@H](c3cc(-c4c(F)cccc4F)nnc31)C2(C)C)C(=O)C1C=NC(=O)N1. The van der Waals surface area contributed by atoms with E-state index < -0.39 is 29.1 Å². The van der Waals surface area contributed by atoms with Crippen molar-refractivity contribution in [3.63, 3.8) is 0 Å². The molecule has 0 saturated heterocycles. The highest BCUT2D eigenvalue weighted by molar-refractivity contribution is 6.07. The minimum atomic E-state index is -0.771. The highest BCUT2D eigenvalue weighted by atomic mass is 19.1. The van der Waals surface area contributed by atoms with Crippen molar-refractivity contribution in [3.05, 3.63) is 47.2 Å². The number of nitrogens with one attached hydrogen (secondary N) is 1. The van der Waals surface area contributed by atoms with Gasteiger partial charge in [0.05, 0.1) is 17.0 Å². The maximum atomic E-state index is 14.4. The van der Waals surface area contributed by atoms with Gasteiger partial charge in [-0.15, -0.1) is 0 Å². The van der Waals surface area contributed by atoms with Crippen molar-refractivity contribution in [2.24, 2.45) is 10.4 Å². The van der Waals surface area contributed by atoms with Crippen molar-refractivity contribution in [1.29, 1.82) is 0 Å². The van der Waals surface area contributed by atoms with Gasteiger partial charge in [-0.05, 0) is 54.9 Å². The van der Waals surface area contributed by atoms with Crippen LogP contribution in [0.25, 0.3) is 11.3 Å². The Morgan fingerprint density at radius 1 is 1.24 bits per heavy atom. The molecular weight excluding hydrogens is 428 g/mol. The Labute approximate surface area is 190 Å². The van der Waals surface area contributed by atoms with Gasteiger partial charge in [0, 0.05) is 24.7 Å². The number of urea groups is 1. The molecule has 1 saturated carbocycles. The van der Waals surface area contributed by atoms with Gasteiger partial charge < -0.3 is 10.2 Å². The lowest BCUT2D eigenvalue weighted by Crippen LogP contribution is -2.53. The fourth-order valence-corrected chi connectivity index (χ4v) is 5.98. The first-order chi connectivity index (χ1) is 15.7. The Balaban J connectivity index is 1.54. The van der Waals surface area contributed by atoms with Crippen molar-refractivity contribution in [1.82, 2.24) is 20.4 Å². The number of fused-ring (bicyclic) bond motifs is 5. The van der Waals surface area contributed by atoms with Gasteiger partial charge in [-0.2, -0.15) is 10.2 Å². The first kappa shape index (κ1) is 21.6. The molecule has 1 aliphatic heterocycles. The van der Waals surface area contributed by atoms with Crippen LogP contribution in [0.2, 0.25) is 0 Å². The standard InChI is InChI=1S/C24H25F2N5O2/c1-4-31(21(32)18-11-27-22(33)28-18)12-24-9-8-14(23(24,2)3)13-10-17(29-30-20(13)24)19-15(25)6-5-7-16(19)26/h5-7,10-11,14,18H,4,8-9,12H2,1-3H3,(H,28,33)/t14-,18?,24-/m0/s1. The predicted molar refractivity (Wildman–Crippen MR) is 118 cm³/mol. The minimum Gasteiger partial charge on any atom is -0.340 e.